The van der Waals surface area contributed by atoms with Crippen molar-refractivity contribution in [2.75, 3.05) is 26.3 Å². The molecule has 0 heterocycles. The van der Waals surface area contributed by atoms with Crippen LogP contribution < -0.4 is 10.5 Å². The third-order valence-electron chi connectivity index (χ3n) is 2.92. The van der Waals surface area contributed by atoms with Gasteiger partial charge in [-0.15, -0.1) is 0 Å². The van der Waals surface area contributed by atoms with Crippen LogP contribution in [0.1, 0.15) is 30.1 Å². The van der Waals surface area contributed by atoms with E-state index in [1.165, 1.54) is 0 Å². The predicted octanol–water partition coefficient (Wildman–Crippen LogP) is 0.785. The zero-order valence-corrected chi connectivity index (χ0v) is 12.2. The van der Waals surface area contributed by atoms with Gasteiger partial charge in [0.25, 0.3) is 11.8 Å². The van der Waals surface area contributed by atoms with Crippen molar-refractivity contribution in [3.8, 4) is 5.75 Å². The van der Waals surface area contributed by atoms with Gasteiger partial charge < -0.3 is 20.5 Å². The van der Waals surface area contributed by atoms with Crippen molar-refractivity contribution in [2.45, 2.75) is 19.8 Å². The highest BCUT2D eigenvalue weighted by Gasteiger charge is 2.14. The number of aliphatic hydroxyl groups is 1. The fourth-order valence-electron chi connectivity index (χ4n) is 1.82. The molecule has 3 N–H and O–H groups in total. The van der Waals surface area contributed by atoms with E-state index in [4.69, 9.17) is 15.6 Å². The van der Waals surface area contributed by atoms with Crippen molar-refractivity contribution < 1.29 is 19.4 Å². The molecule has 1 aromatic carbocycles. The summed E-state index contributed by atoms with van der Waals surface area (Å²) < 4.78 is 5.14. The Kier molecular flexibility index (Phi) is 7.25. The maximum Gasteiger partial charge on any atom is 0.255 e. The van der Waals surface area contributed by atoms with Gasteiger partial charge in [0.2, 0.25) is 0 Å². The van der Waals surface area contributed by atoms with Gasteiger partial charge in [-0.2, -0.15) is 0 Å². The molecule has 0 aromatic heterocycles. The molecule has 6 heteroatoms. The maximum absolute atomic E-state index is 12.3. The Bertz CT molecular complexity index is 459. The number of nitrogens with zero attached hydrogens (tertiary/aromatic N) is 1. The molecule has 0 fully saturated rings. The fourth-order valence-corrected chi connectivity index (χ4v) is 1.82. The second kappa shape index (κ2) is 8.97. The smallest absolute Gasteiger partial charge is 0.255 e. The molecule has 0 atom stereocenters. The number of amides is 2. The number of carbonyl (C=O) groups excluding carboxylic acids is 2. The summed E-state index contributed by atoms with van der Waals surface area (Å²) in [6, 6.07) is 6.50. The number of rotatable bonds is 9. The molecular formula is C15H22N2O4. The second-order valence-corrected chi connectivity index (χ2v) is 4.65. The minimum Gasteiger partial charge on any atom is -0.484 e. The van der Waals surface area contributed by atoms with E-state index in [0.717, 1.165) is 12.8 Å². The predicted molar refractivity (Wildman–Crippen MR) is 79.0 cm³/mol. The van der Waals surface area contributed by atoms with Gasteiger partial charge in [-0.1, -0.05) is 13.3 Å². The van der Waals surface area contributed by atoms with E-state index in [0.29, 0.717) is 24.4 Å². The van der Waals surface area contributed by atoms with Crippen LogP contribution >= 0.6 is 0 Å². The van der Waals surface area contributed by atoms with Crippen molar-refractivity contribution in [2.24, 2.45) is 5.73 Å². The summed E-state index contributed by atoms with van der Waals surface area (Å²) in [4.78, 5) is 24.6. The number of hydrogen-bond donors (Lipinski definition) is 2. The lowest BCUT2D eigenvalue weighted by atomic mass is 10.2. The Hall–Kier alpha value is -2.08. The second-order valence-electron chi connectivity index (χ2n) is 4.65. The van der Waals surface area contributed by atoms with Crippen LogP contribution in [0.4, 0.5) is 0 Å². The average Bonchev–Trinajstić information content (AvgIpc) is 2.49. The van der Waals surface area contributed by atoms with Crippen molar-refractivity contribution in [3.63, 3.8) is 0 Å². The normalized spacial score (nSPS) is 10.2. The first kappa shape index (κ1) is 17.0. The zero-order chi connectivity index (χ0) is 15.7. The van der Waals surface area contributed by atoms with Crippen LogP contribution in [0.5, 0.6) is 5.75 Å². The molecule has 0 aliphatic carbocycles. The number of unbranched alkanes of at least 4 members (excludes halogenated alkanes) is 1. The molecule has 0 spiro atoms. The first-order valence-electron chi connectivity index (χ1n) is 6.99. The standard InChI is InChI=1S/C15H22N2O4/c1-2-3-8-17(9-10-18)15(20)12-4-6-13(7-5-12)21-11-14(16)19/h4-7,18H,2-3,8-11H2,1H3,(H2,16,19). The lowest BCUT2D eigenvalue weighted by Crippen LogP contribution is -2.34. The van der Waals surface area contributed by atoms with E-state index in [9.17, 15) is 9.59 Å². The van der Waals surface area contributed by atoms with Crippen molar-refractivity contribution in [1.82, 2.24) is 4.90 Å². The molecule has 116 valence electrons. The van der Waals surface area contributed by atoms with Gasteiger partial charge in [0.15, 0.2) is 6.61 Å². The van der Waals surface area contributed by atoms with Gasteiger partial charge in [0, 0.05) is 18.7 Å². The minimum absolute atomic E-state index is 0.0603. The molecular weight excluding hydrogens is 272 g/mol. The molecule has 0 aliphatic rings. The Balaban J connectivity index is 2.69. The number of aliphatic hydroxyl groups excluding tert-OH is 1. The van der Waals surface area contributed by atoms with Crippen molar-refractivity contribution in [3.05, 3.63) is 29.8 Å². The molecule has 0 saturated carbocycles. The SMILES string of the molecule is CCCCN(CCO)C(=O)c1ccc(OCC(N)=O)cc1. The van der Waals surface area contributed by atoms with Crippen LogP contribution in [0.25, 0.3) is 0 Å². The zero-order valence-electron chi connectivity index (χ0n) is 12.2. The van der Waals surface area contributed by atoms with E-state index < -0.39 is 5.91 Å². The molecule has 0 unspecified atom stereocenters. The summed E-state index contributed by atoms with van der Waals surface area (Å²) in [6.45, 7) is 2.73. The Morgan fingerprint density at radius 2 is 1.90 bits per heavy atom. The summed E-state index contributed by atoms with van der Waals surface area (Å²) in [6.07, 6.45) is 1.88. The highest BCUT2D eigenvalue weighted by Crippen LogP contribution is 2.14. The molecule has 0 saturated heterocycles. The van der Waals surface area contributed by atoms with E-state index in [-0.39, 0.29) is 19.1 Å². The number of carbonyl (C=O) groups is 2. The Morgan fingerprint density at radius 3 is 2.43 bits per heavy atom. The highest BCUT2D eigenvalue weighted by molar-refractivity contribution is 5.94. The first-order valence-corrected chi connectivity index (χ1v) is 6.99. The highest BCUT2D eigenvalue weighted by atomic mass is 16.5. The molecule has 0 aliphatic heterocycles. The maximum atomic E-state index is 12.3. The molecule has 0 bridgehead atoms. The Labute approximate surface area is 124 Å². The Morgan fingerprint density at radius 1 is 1.24 bits per heavy atom. The molecule has 21 heavy (non-hydrogen) atoms. The van der Waals surface area contributed by atoms with Crippen LogP contribution in [0.2, 0.25) is 0 Å². The van der Waals surface area contributed by atoms with E-state index in [1.807, 2.05) is 6.92 Å². The number of benzene rings is 1. The molecule has 1 aromatic rings. The fraction of sp³-hybridized carbons (Fsp3) is 0.467. The number of nitrogens with two attached hydrogens (primary N) is 1. The van der Waals surface area contributed by atoms with Crippen LogP contribution in [-0.4, -0.2) is 48.1 Å². The average molecular weight is 294 g/mol. The summed E-state index contributed by atoms with van der Waals surface area (Å²) in [5, 5.41) is 9.04. The summed E-state index contributed by atoms with van der Waals surface area (Å²) in [5.41, 5.74) is 5.51. The van der Waals surface area contributed by atoms with Gasteiger partial charge in [0.1, 0.15) is 5.75 Å². The topological polar surface area (TPSA) is 92.9 Å². The van der Waals surface area contributed by atoms with Gasteiger partial charge in [-0.3, -0.25) is 9.59 Å². The molecule has 1 rings (SSSR count). The van der Waals surface area contributed by atoms with Crippen LogP contribution in [-0.2, 0) is 4.79 Å². The summed E-state index contributed by atoms with van der Waals surface area (Å²) in [7, 11) is 0. The molecule has 6 nitrogen and oxygen atoms in total. The van der Waals surface area contributed by atoms with Gasteiger partial charge in [-0.05, 0) is 30.7 Å². The van der Waals surface area contributed by atoms with Crippen LogP contribution in [0, 0.1) is 0 Å². The number of primary amides is 1. The molecule has 0 radical (unpaired) electrons. The van der Waals surface area contributed by atoms with E-state index in [2.05, 4.69) is 0 Å². The van der Waals surface area contributed by atoms with E-state index in [1.54, 1.807) is 29.2 Å². The largest absolute Gasteiger partial charge is 0.484 e. The first-order chi connectivity index (χ1) is 10.1. The summed E-state index contributed by atoms with van der Waals surface area (Å²) in [5.74, 6) is -0.199. The van der Waals surface area contributed by atoms with Crippen molar-refractivity contribution >= 4 is 11.8 Å². The van der Waals surface area contributed by atoms with Crippen LogP contribution in [0.15, 0.2) is 24.3 Å². The lowest BCUT2D eigenvalue weighted by molar-refractivity contribution is -0.119. The van der Waals surface area contributed by atoms with Gasteiger partial charge in [0.05, 0.1) is 6.61 Å². The third-order valence-corrected chi connectivity index (χ3v) is 2.92. The summed E-state index contributed by atoms with van der Waals surface area (Å²) >= 11 is 0. The van der Waals surface area contributed by atoms with Crippen LogP contribution in [0.3, 0.4) is 0 Å². The van der Waals surface area contributed by atoms with Gasteiger partial charge >= 0.3 is 0 Å². The molecule has 2 amide bonds. The minimum atomic E-state index is -0.552. The monoisotopic (exact) mass is 294 g/mol. The number of hydrogen-bond acceptors (Lipinski definition) is 4. The quantitative estimate of drug-likeness (QED) is 0.704. The van der Waals surface area contributed by atoms with E-state index >= 15 is 0 Å². The van der Waals surface area contributed by atoms with Gasteiger partial charge in [-0.25, -0.2) is 0 Å². The third kappa shape index (κ3) is 5.83. The van der Waals surface area contributed by atoms with Crippen molar-refractivity contribution in [1.29, 1.82) is 0 Å². The lowest BCUT2D eigenvalue weighted by Gasteiger charge is -2.21. The number of ether oxygens (including phenoxy) is 1.